The summed E-state index contributed by atoms with van der Waals surface area (Å²) in [6.45, 7) is 9.47. The molecule has 1 atom stereocenters. The van der Waals surface area contributed by atoms with E-state index in [-0.39, 0.29) is 17.4 Å². The van der Waals surface area contributed by atoms with E-state index < -0.39 is 0 Å². The summed E-state index contributed by atoms with van der Waals surface area (Å²) in [5.41, 5.74) is 9.93. The molecule has 1 aliphatic rings. The second-order valence-electron chi connectivity index (χ2n) is 8.09. The van der Waals surface area contributed by atoms with Crippen molar-refractivity contribution in [2.24, 2.45) is 5.11 Å². The molecular formula is C20H27N7O. The van der Waals surface area contributed by atoms with E-state index in [1.807, 2.05) is 12.1 Å². The highest BCUT2D eigenvalue weighted by Gasteiger charge is 2.24. The second kappa shape index (κ2) is 7.92. The molecule has 148 valence electrons. The molecule has 0 aliphatic carbocycles. The van der Waals surface area contributed by atoms with Gasteiger partial charge in [-0.25, -0.2) is 10.5 Å². The fourth-order valence-electron chi connectivity index (χ4n) is 3.16. The molecule has 1 aromatic carbocycles. The van der Waals surface area contributed by atoms with E-state index in [4.69, 9.17) is 5.53 Å². The van der Waals surface area contributed by atoms with Gasteiger partial charge in [0.1, 0.15) is 5.69 Å². The molecule has 0 radical (unpaired) electrons. The largest absolute Gasteiger partial charge is 0.350 e. The van der Waals surface area contributed by atoms with Crippen LogP contribution in [0.5, 0.6) is 0 Å². The van der Waals surface area contributed by atoms with Crippen LogP contribution in [0.2, 0.25) is 0 Å². The number of carbonyl (C=O) groups is 1. The SMILES string of the molecule is CC(=O)N1CCC(Nc2ncc(N=N)c(Nc3ccc(C(C)(C)C)cc3)n2)C1. The Hall–Kier alpha value is -3.03. The number of nitrogens with zero attached hydrogens (tertiary/aromatic N) is 4. The number of benzene rings is 1. The summed E-state index contributed by atoms with van der Waals surface area (Å²) in [7, 11) is 0. The van der Waals surface area contributed by atoms with Gasteiger partial charge < -0.3 is 15.5 Å². The average molecular weight is 381 g/mol. The molecule has 3 N–H and O–H groups in total. The summed E-state index contributed by atoms with van der Waals surface area (Å²) in [6, 6.07) is 8.25. The molecular weight excluding hydrogens is 354 g/mol. The molecule has 28 heavy (non-hydrogen) atoms. The minimum Gasteiger partial charge on any atom is -0.350 e. The molecule has 1 unspecified atom stereocenters. The Kier molecular flexibility index (Phi) is 5.58. The molecule has 8 heteroatoms. The lowest BCUT2D eigenvalue weighted by Crippen LogP contribution is -2.30. The van der Waals surface area contributed by atoms with Crippen LogP contribution in [0.3, 0.4) is 0 Å². The highest BCUT2D eigenvalue weighted by atomic mass is 16.2. The van der Waals surface area contributed by atoms with E-state index in [0.717, 1.165) is 18.7 Å². The van der Waals surface area contributed by atoms with Gasteiger partial charge in [0.25, 0.3) is 0 Å². The average Bonchev–Trinajstić information content (AvgIpc) is 3.10. The van der Waals surface area contributed by atoms with Gasteiger partial charge in [-0.2, -0.15) is 10.1 Å². The predicted octanol–water partition coefficient (Wildman–Crippen LogP) is 4.21. The fraction of sp³-hybridized carbons (Fsp3) is 0.450. The van der Waals surface area contributed by atoms with E-state index in [1.165, 1.54) is 11.8 Å². The van der Waals surface area contributed by atoms with Crippen molar-refractivity contribution in [2.75, 3.05) is 23.7 Å². The molecule has 2 heterocycles. The van der Waals surface area contributed by atoms with Crippen molar-refractivity contribution in [3.8, 4) is 0 Å². The Bertz CT molecular complexity index is 858. The first-order valence-corrected chi connectivity index (χ1v) is 9.40. The van der Waals surface area contributed by atoms with Crippen molar-refractivity contribution in [3.63, 3.8) is 0 Å². The zero-order chi connectivity index (χ0) is 20.3. The maximum Gasteiger partial charge on any atom is 0.225 e. The zero-order valence-corrected chi connectivity index (χ0v) is 16.8. The first-order valence-electron chi connectivity index (χ1n) is 9.40. The highest BCUT2D eigenvalue weighted by molar-refractivity contribution is 5.73. The Morgan fingerprint density at radius 2 is 2.00 bits per heavy atom. The van der Waals surface area contributed by atoms with Gasteiger partial charge in [-0.05, 0) is 29.5 Å². The van der Waals surface area contributed by atoms with Crippen molar-refractivity contribution in [1.82, 2.24) is 14.9 Å². The molecule has 0 bridgehead atoms. The molecule has 0 saturated carbocycles. The summed E-state index contributed by atoms with van der Waals surface area (Å²) in [4.78, 5) is 22.0. The number of anilines is 3. The number of hydrogen-bond acceptors (Lipinski definition) is 7. The molecule has 1 aromatic heterocycles. The van der Waals surface area contributed by atoms with Crippen LogP contribution in [-0.2, 0) is 10.2 Å². The molecule has 1 saturated heterocycles. The predicted molar refractivity (Wildman–Crippen MR) is 110 cm³/mol. The van der Waals surface area contributed by atoms with Crippen molar-refractivity contribution in [1.29, 1.82) is 5.53 Å². The summed E-state index contributed by atoms with van der Waals surface area (Å²) < 4.78 is 0. The van der Waals surface area contributed by atoms with E-state index >= 15 is 0 Å². The fourth-order valence-corrected chi connectivity index (χ4v) is 3.16. The van der Waals surface area contributed by atoms with E-state index in [9.17, 15) is 4.79 Å². The third kappa shape index (κ3) is 4.62. The van der Waals surface area contributed by atoms with Crippen molar-refractivity contribution >= 4 is 29.0 Å². The van der Waals surface area contributed by atoms with E-state index in [1.54, 1.807) is 11.8 Å². The first-order chi connectivity index (χ1) is 13.3. The molecule has 3 rings (SSSR count). The monoisotopic (exact) mass is 381 g/mol. The van der Waals surface area contributed by atoms with Gasteiger partial charge in [-0.15, -0.1) is 0 Å². The van der Waals surface area contributed by atoms with Crippen LogP contribution in [-0.4, -0.2) is 39.9 Å². The van der Waals surface area contributed by atoms with E-state index in [2.05, 4.69) is 58.6 Å². The summed E-state index contributed by atoms with van der Waals surface area (Å²) >= 11 is 0. The summed E-state index contributed by atoms with van der Waals surface area (Å²) in [5, 5.41) is 10.0. The number of rotatable bonds is 5. The minimum absolute atomic E-state index is 0.0784. The summed E-state index contributed by atoms with van der Waals surface area (Å²) in [6.07, 6.45) is 2.37. The third-order valence-corrected chi connectivity index (χ3v) is 4.87. The lowest BCUT2D eigenvalue weighted by Gasteiger charge is -2.19. The second-order valence-corrected chi connectivity index (χ2v) is 8.09. The van der Waals surface area contributed by atoms with Gasteiger partial charge in [-0.3, -0.25) is 4.79 Å². The van der Waals surface area contributed by atoms with Crippen molar-refractivity contribution in [2.45, 2.75) is 45.6 Å². The molecule has 0 spiro atoms. The maximum atomic E-state index is 11.5. The lowest BCUT2D eigenvalue weighted by molar-refractivity contribution is -0.127. The van der Waals surface area contributed by atoms with Gasteiger partial charge >= 0.3 is 0 Å². The molecule has 1 aliphatic heterocycles. The van der Waals surface area contributed by atoms with Crippen LogP contribution in [0.15, 0.2) is 35.6 Å². The normalized spacial score (nSPS) is 16.7. The number of amides is 1. The van der Waals surface area contributed by atoms with Gasteiger partial charge in [-0.1, -0.05) is 32.9 Å². The Morgan fingerprint density at radius 1 is 1.29 bits per heavy atom. The minimum atomic E-state index is 0.0784. The smallest absolute Gasteiger partial charge is 0.225 e. The number of likely N-dealkylation sites (tertiary alicyclic amines) is 1. The maximum absolute atomic E-state index is 11.5. The van der Waals surface area contributed by atoms with Gasteiger partial charge in [0.05, 0.1) is 6.20 Å². The highest BCUT2D eigenvalue weighted by Crippen LogP contribution is 2.29. The Morgan fingerprint density at radius 3 is 2.57 bits per heavy atom. The van der Waals surface area contributed by atoms with Crippen LogP contribution in [0.1, 0.15) is 39.7 Å². The molecule has 1 amide bonds. The van der Waals surface area contributed by atoms with Crippen molar-refractivity contribution < 1.29 is 4.79 Å². The molecule has 2 aromatic rings. The number of carbonyl (C=O) groups excluding carboxylic acids is 1. The van der Waals surface area contributed by atoms with Crippen LogP contribution in [0, 0.1) is 5.53 Å². The number of nitrogens with one attached hydrogen (secondary N) is 3. The number of aromatic nitrogens is 2. The van der Waals surface area contributed by atoms with Gasteiger partial charge in [0, 0.05) is 31.7 Å². The molecule has 1 fully saturated rings. The first kappa shape index (κ1) is 19.7. The van der Waals surface area contributed by atoms with Gasteiger partial charge in [0.2, 0.25) is 11.9 Å². The quantitative estimate of drug-likeness (QED) is 0.673. The zero-order valence-electron chi connectivity index (χ0n) is 16.8. The van der Waals surface area contributed by atoms with Crippen LogP contribution < -0.4 is 10.6 Å². The third-order valence-electron chi connectivity index (χ3n) is 4.87. The lowest BCUT2D eigenvalue weighted by atomic mass is 9.87. The van der Waals surface area contributed by atoms with Crippen molar-refractivity contribution in [3.05, 3.63) is 36.0 Å². The van der Waals surface area contributed by atoms with E-state index in [0.29, 0.717) is 24.0 Å². The molecule has 8 nitrogen and oxygen atoms in total. The van der Waals surface area contributed by atoms with Gasteiger partial charge in [0.15, 0.2) is 5.82 Å². The standard InChI is InChI=1S/C20H27N7O/c1-13(28)27-10-9-16(12-27)24-19-22-11-17(26-21)18(25-19)23-15-7-5-14(6-8-15)20(2,3)4/h5-8,11,16,21H,9-10,12H2,1-4H3,(H2,22,23,24,25). The topological polar surface area (TPSA) is 106 Å². The van der Waals surface area contributed by atoms with Crippen LogP contribution in [0.25, 0.3) is 0 Å². The Balaban J connectivity index is 1.74. The van der Waals surface area contributed by atoms with Crippen LogP contribution >= 0.6 is 0 Å². The Labute approximate surface area is 165 Å². The van der Waals surface area contributed by atoms with Crippen LogP contribution in [0.4, 0.5) is 23.1 Å². The summed E-state index contributed by atoms with van der Waals surface area (Å²) in [5.74, 6) is 1.00. The number of hydrogen-bond donors (Lipinski definition) is 3.